The van der Waals surface area contributed by atoms with E-state index in [0.29, 0.717) is 6.54 Å². The molecular formula is C14H20N2O2. The second-order valence-corrected chi connectivity index (χ2v) is 5.63. The van der Waals surface area contributed by atoms with Gasteiger partial charge in [-0.1, -0.05) is 12.1 Å². The van der Waals surface area contributed by atoms with E-state index in [1.54, 1.807) is 13.8 Å². The normalized spacial score (nSPS) is 16.3. The van der Waals surface area contributed by atoms with E-state index in [-0.39, 0.29) is 0 Å². The number of rotatable bonds is 3. The van der Waals surface area contributed by atoms with Gasteiger partial charge in [-0.3, -0.25) is 9.69 Å². The number of nitrogens with two attached hydrogens (primary N) is 1. The van der Waals surface area contributed by atoms with Crippen LogP contribution in [0.3, 0.4) is 0 Å². The van der Waals surface area contributed by atoms with Gasteiger partial charge in [-0.25, -0.2) is 0 Å². The quantitative estimate of drug-likeness (QED) is 0.800. The van der Waals surface area contributed by atoms with Crippen LogP contribution in [0.25, 0.3) is 0 Å². The van der Waals surface area contributed by atoms with Crippen molar-refractivity contribution in [3.63, 3.8) is 0 Å². The van der Waals surface area contributed by atoms with E-state index in [1.165, 1.54) is 5.56 Å². The number of hydrogen-bond acceptors (Lipinski definition) is 3. The van der Waals surface area contributed by atoms with Crippen molar-refractivity contribution in [1.82, 2.24) is 4.90 Å². The summed E-state index contributed by atoms with van der Waals surface area (Å²) in [7, 11) is 0. The Morgan fingerprint density at radius 1 is 1.50 bits per heavy atom. The number of hydrogen-bond donors (Lipinski definition) is 2. The summed E-state index contributed by atoms with van der Waals surface area (Å²) in [4.78, 5) is 13.3. The van der Waals surface area contributed by atoms with Crippen LogP contribution in [0.4, 0.5) is 5.69 Å². The van der Waals surface area contributed by atoms with E-state index in [0.717, 1.165) is 30.8 Å². The summed E-state index contributed by atoms with van der Waals surface area (Å²) < 4.78 is 0. The van der Waals surface area contributed by atoms with Crippen LogP contribution in [0.2, 0.25) is 0 Å². The van der Waals surface area contributed by atoms with Crippen molar-refractivity contribution < 1.29 is 9.90 Å². The Kier molecular flexibility index (Phi) is 3.30. The highest BCUT2D eigenvalue weighted by Crippen LogP contribution is 2.27. The zero-order valence-electron chi connectivity index (χ0n) is 10.9. The summed E-state index contributed by atoms with van der Waals surface area (Å²) in [6, 6.07) is 5.99. The summed E-state index contributed by atoms with van der Waals surface area (Å²) >= 11 is 0. The molecular weight excluding hydrogens is 228 g/mol. The minimum Gasteiger partial charge on any atom is -0.481 e. The van der Waals surface area contributed by atoms with Gasteiger partial charge >= 0.3 is 5.97 Å². The van der Waals surface area contributed by atoms with E-state index < -0.39 is 11.4 Å². The van der Waals surface area contributed by atoms with Crippen molar-refractivity contribution in [2.45, 2.75) is 26.8 Å². The molecule has 0 atom stereocenters. The van der Waals surface area contributed by atoms with Gasteiger partial charge in [0.25, 0.3) is 0 Å². The fourth-order valence-corrected chi connectivity index (χ4v) is 2.42. The molecule has 98 valence electrons. The summed E-state index contributed by atoms with van der Waals surface area (Å²) in [5, 5.41) is 9.17. The Bertz CT molecular complexity index is 469. The number of carboxylic acids is 1. The van der Waals surface area contributed by atoms with Crippen LogP contribution in [0, 0.1) is 5.41 Å². The van der Waals surface area contributed by atoms with E-state index in [2.05, 4.69) is 11.0 Å². The molecule has 1 aromatic rings. The molecule has 0 saturated heterocycles. The van der Waals surface area contributed by atoms with Crippen molar-refractivity contribution in [2.75, 3.05) is 18.8 Å². The molecule has 0 bridgehead atoms. The number of anilines is 1. The topological polar surface area (TPSA) is 66.6 Å². The van der Waals surface area contributed by atoms with Crippen LogP contribution in [0.15, 0.2) is 18.2 Å². The first-order chi connectivity index (χ1) is 8.40. The Labute approximate surface area is 107 Å². The molecule has 0 fully saturated rings. The summed E-state index contributed by atoms with van der Waals surface area (Å²) in [6.07, 6.45) is 0.941. The molecule has 3 N–H and O–H groups in total. The predicted octanol–water partition coefficient (Wildman–Crippen LogP) is 1.74. The number of carbonyl (C=O) groups is 1. The largest absolute Gasteiger partial charge is 0.481 e. The monoisotopic (exact) mass is 248 g/mol. The van der Waals surface area contributed by atoms with Crippen molar-refractivity contribution in [1.29, 1.82) is 0 Å². The van der Waals surface area contributed by atoms with Crippen LogP contribution in [0.5, 0.6) is 0 Å². The summed E-state index contributed by atoms with van der Waals surface area (Å²) in [5.74, 6) is -0.755. The first kappa shape index (κ1) is 12.9. The highest BCUT2D eigenvalue weighted by Gasteiger charge is 2.31. The molecule has 0 radical (unpaired) electrons. The fraction of sp³-hybridized carbons (Fsp3) is 0.500. The molecule has 0 spiro atoms. The van der Waals surface area contributed by atoms with E-state index in [9.17, 15) is 9.90 Å². The van der Waals surface area contributed by atoms with Gasteiger partial charge in [-0.2, -0.15) is 0 Å². The third-order valence-corrected chi connectivity index (χ3v) is 3.59. The maximum absolute atomic E-state index is 11.2. The lowest BCUT2D eigenvalue weighted by atomic mass is 9.91. The molecule has 4 heteroatoms. The first-order valence-corrected chi connectivity index (χ1v) is 6.22. The maximum atomic E-state index is 11.2. The molecule has 1 heterocycles. The minimum absolute atomic E-state index is 0.552. The molecule has 2 rings (SSSR count). The Morgan fingerprint density at radius 3 is 2.89 bits per heavy atom. The molecule has 0 amide bonds. The van der Waals surface area contributed by atoms with Crippen molar-refractivity contribution in [2.24, 2.45) is 5.41 Å². The van der Waals surface area contributed by atoms with Crippen molar-refractivity contribution in [3.05, 3.63) is 29.3 Å². The molecule has 0 saturated carbocycles. The highest BCUT2D eigenvalue weighted by molar-refractivity contribution is 5.73. The molecule has 18 heavy (non-hydrogen) atoms. The van der Waals surface area contributed by atoms with Crippen LogP contribution in [-0.2, 0) is 17.8 Å². The SMILES string of the molecule is CC(C)(CN1CCc2cccc(N)c2C1)C(=O)O. The van der Waals surface area contributed by atoms with Gasteiger partial charge in [0, 0.05) is 25.3 Å². The molecule has 1 aliphatic heterocycles. The van der Waals surface area contributed by atoms with E-state index >= 15 is 0 Å². The van der Waals surface area contributed by atoms with Crippen LogP contribution in [-0.4, -0.2) is 29.1 Å². The lowest BCUT2D eigenvalue weighted by Gasteiger charge is -2.34. The maximum Gasteiger partial charge on any atom is 0.310 e. The molecule has 0 aliphatic carbocycles. The third-order valence-electron chi connectivity index (χ3n) is 3.59. The van der Waals surface area contributed by atoms with Gasteiger partial charge in [0.15, 0.2) is 0 Å². The van der Waals surface area contributed by atoms with Crippen molar-refractivity contribution >= 4 is 11.7 Å². The number of fused-ring (bicyclic) bond motifs is 1. The van der Waals surface area contributed by atoms with Crippen LogP contribution >= 0.6 is 0 Å². The van der Waals surface area contributed by atoms with Crippen molar-refractivity contribution in [3.8, 4) is 0 Å². The lowest BCUT2D eigenvalue weighted by molar-refractivity contribution is -0.148. The average molecular weight is 248 g/mol. The number of carboxylic acid groups (broad SMARTS) is 1. The van der Waals surface area contributed by atoms with Crippen LogP contribution in [0.1, 0.15) is 25.0 Å². The average Bonchev–Trinajstić information content (AvgIpc) is 2.29. The van der Waals surface area contributed by atoms with E-state index in [1.807, 2.05) is 12.1 Å². The second kappa shape index (κ2) is 4.61. The predicted molar refractivity (Wildman–Crippen MR) is 71.3 cm³/mol. The molecule has 1 aromatic carbocycles. The molecule has 0 unspecified atom stereocenters. The standard InChI is InChI=1S/C14H20N2O2/c1-14(2,13(17)18)9-16-7-6-10-4-3-5-12(15)11(10)8-16/h3-5H,6-9,15H2,1-2H3,(H,17,18). The highest BCUT2D eigenvalue weighted by atomic mass is 16.4. The summed E-state index contributed by atoms with van der Waals surface area (Å²) in [5.41, 5.74) is 8.52. The van der Waals surface area contributed by atoms with Gasteiger partial charge in [0.2, 0.25) is 0 Å². The smallest absolute Gasteiger partial charge is 0.310 e. The summed E-state index contributed by atoms with van der Waals surface area (Å²) in [6.45, 7) is 5.72. The zero-order valence-corrected chi connectivity index (χ0v) is 10.9. The molecule has 1 aliphatic rings. The van der Waals surface area contributed by atoms with Gasteiger partial charge < -0.3 is 10.8 Å². The number of nitrogens with zero attached hydrogens (tertiary/aromatic N) is 1. The van der Waals surface area contributed by atoms with Crippen LogP contribution < -0.4 is 5.73 Å². The lowest BCUT2D eigenvalue weighted by Crippen LogP contribution is -2.41. The fourth-order valence-electron chi connectivity index (χ4n) is 2.42. The first-order valence-electron chi connectivity index (χ1n) is 6.22. The Hall–Kier alpha value is -1.55. The number of benzene rings is 1. The third kappa shape index (κ3) is 2.48. The van der Waals surface area contributed by atoms with Gasteiger partial charge in [0.05, 0.1) is 5.41 Å². The minimum atomic E-state index is -0.755. The number of nitrogen functional groups attached to an aromatic ring is 1. The van der Waals surface area contributed by atoms with Gasteiger partial charge in [0.1, 0.15) is 0 Å². The molecule has 0 aromatic heterocycles. The molecule has 4 nitrogen and oxygen atoms in total. The zero-order chi connectivity index (χ0) is 13.3. The Morgan fingerprint density at radius 2 is 2.22 bits per heavy atom. The number of aliphatic carboxylic acids is 1. The van der Waals surface area contributed by atoms with Gasteiger partial charge in [-0.15, -0.1) is 0 Å². The van der Waals surface area contributed by atoms with E-state index in [4.69, 9.17) is 5.73 Å². The Balaban J connectivity index is 2.13. The second-order valence-electron chi connectivity index (χ2n) is 5.63. The van der Waals surface area contributed by atoms with Gasteiger partial charge in [-0.05, 0) is 37.5 Å².